The molecule has 0 aliphatic carbocycles. The first-order valence-electron chi connectivity index (χ1n) is 5.77. The molecular weight excluding hydrogens is 373 g/mol. The lowest BCUT2D eigenvalue weighted by molar-refractivity contribution is -0.384. The van der Waals surface area contributed by atoms with Gasteiger partial charge in [0.25, 0.3) is 5.69 Å². The number of benzene rings is 1. The van der Waals surface area contributed by atoms with Gasteiger partial charge in [0.1, 0.15) is 0 Å². The van der Waals surface area contributed by atoms with Crippen LogP contribution in [0.25, 0.3) is 0 Å². The second-order valence-electron chi connectivity index (χ2n) is 3.98. The maximum absolute atomic E-state index is 10.7. The van der Waals surface area contributed by atoms with Crippen molar-refractivity contribution in [3.05, 3.63) is 55.8 Å². The van der Waals surface area contributed by atoms with E-state index >= 15 is 0 Å². The summed E-state index contributed by atoms with van der Waals surface area (Å²) in [7, 11) is 1.57. The number of aromatic nitrogens is 1. The molecule has 2 aromatic rings. The fraction of sp³-hybridized carbons (Fsp3) is 0.154. The average molecular weight is 385 g/mol. The van der Waals surface area contributed by atoms with Crippen molar-refractivity contribution in [2.24, 2.45) is 0 Å². The van der Waals surface area contributed by atoms with E-state index in [2.05, 4.69) is 32.9 Å². The third-order valence-corrected chi connectivity index (χ3v) is 3.55. The molecule has 104 valence electrons. The molecule has 0 fully saturated rings. The van der Waals surface area contributed by atoms with Crippen LogP contribution in [0.5, 0.6) is 5.88 Å². The summed E-state index contributed by atoms with van der Waals surface area (Å²) >= 11 is 2.07. The molecule has 1 aromatic heterocycles. The molecule has 0 aliphatic heterocycles. The number of halogens is 1. The predicted molar refractivity (Wildman–Crippen MR) is 83.9 cm³/mol. The molecule has 20 heavy (non-hydrogen) atoms. The molecule has 0 amide bonds. The van der Waals surface area contributed by atoms with Crippen molar-refractivity contribution < 1.29 is 9.66 Å². The monoisotopic (exact) mass is 385 g/mol. The molecule has 0 spiro atoms. The number of anilines is 1. The molecule has 0 bridgehead atoms. The number of nitro groups is 1. The highest BCUT2D eigenvalue weighted by Gasteiger charge is 2.08. The number of hydrogen-bond donors (Lipinski definition) is 1. The van der Waals surface area contributed by atoms with Crippen molar-refractivity contribution >= 4 is 34.0 Å². The first-order valence-corrected chi connectivity index (χ1v) is 6.85. The molecular formula is C13H12IN3O3. The summed E-state index contributed by atoms with van der Waals surface area (Å²) in [4.78, 5) is 14.3. The fourth-order valence-corrected chi connectivity index (χ4v) is 2.32. The maximum Gasteiger partial charge on any atom is 0.270 e. The Morgan fingerprint density at radius 3 is 2.85 bits per heavy atom. The topological polar surface area (TPSA) is 77.3 Å². The van der Waals surface area contributed by atoms with E-state index in [0.29, 0.717) is 12.4 Å². The van der Waals surface area contributed by atoms with E-state index in [-0.39, 0.29) is 5.69 Å². The van der Waals surface area contributed by atoms with Gasteiger partial charge >= 0.3 is 0 Å². The lowest BCUT2D eigenvalue weighted by Gasteiger charge is -2.09. The highest BCUT2D eigenvalue weighted by molar-refractivity contribution is 14.1. The summed E-state index contributed by atoms with van der Waals surface area (Å²) < 4.78 is 5.86. The van der Waals surface area contributed by atoms with Gasteiger partial charge in [0.15, 0.2) is 0 Å². The zero-order chi connectivity index (χ0) is 14.5. The van der Waals surface area contributed by atoms with E-state index in [4.69, 9.17) is 4.74 Å². The van der Waals surface area contributed by atoms with Crippen LogP contribution in [0.2, 0.25) is 0 Å². The van der Waals surface area contributed by atoms with Crippen molar-refractivity contribution in [1.82, 2.24) is 4.98 Å². The van der Waals surface area contributed by atoms with E-state index in [9.17, 15) is 10.1 Å². The maximum atomic E-state index is 10.7. The van der Waals surface area contributed by atoms with Crippen LogP contribution in [0.15, 0.2) is 36.5 Å². The Kier molecular flexibility index (Phi) is 4.72. The number of methoxy groups -OCH3 is 1. The van der Waals surface area contributed by atoms with Crippen molar-refractivity contribution in [3.63, 3.8) is 0 Å². The number of nitrogens with one attached hydrogen (secondary N) is 1. The van der Waals surface area contributed by atoms with Gasteiger partial charge in [0, 0.05) is 40.2 Å². The molecule has 0 unspecified atom stereocenters. The largest absolute Gasteiger partial charge is 0.481 e. The van der Waals surface area contributed by atoms with Gasteiger partial charge in [0.2, 0.25) is 5.88 Å². The van der Waals surface area contributed by atoms with Crippen LogP contribution in [0.4, 0.5) is 11.4 Å². The molecule has 0 atom stereocenters. The van der Waals surface area contributed by atoms with Gasteiger partial charge in [-0.15, -0.1) is 0 Å². The highest BCUT2D eigenvalue weighted by Crippen LogP contribution is 2.24. The van der Waals surface area contributed by atoms with Gasteiger partial charge in [-0.1, -0.05) is 0 Å². The fourth-order valence-electron chi connectivity index (χ4n) is 1.63. The Morgan fingerprint density at radius 2 is 2.20 bits per heavy atom. The quantitative estimate of drug-likeness (QED) is 0.486. The molecule has 0 saturated carbocycles. The standard InChI is InChI=1S/C13H12IN3O3/c1-20-13-6-9(4-5-15-13)8-16-12-3-2-10(17(18)19)7-11(12)14/h2-7,16H,8H2,1H3. The van der Waals surface area contributed by atoms with Crippen LogP contribution in [0.3, 0.4) is 0 Å². The van der Waals surface area contributed by atoms with E-state index in [1.807, 2.05) is 12.1 Å². The average Bonchev–Trinajstić information content (AvgIpc) is 2.46. The minimum absolute atomic E-state index is 0.0885. The van der Waals surface area contributed by atoms with Crippen LogP contribution in [-0.2, 0) is 6.54 Å². The minimum atomic E-state index is -0.403. The second kappa shape index (κ2) is 6.51. The third kappa shape index (κ3) is 3.56. The molecule has 1 aromatic carbocycles. The normalized spacial score (nSPS) is 10.1. The number of non-ortho nitro benzene ring substituents is 1. The molecule has 2 rings (SSSR count). The van der Waals surface area contributed by atoms with Crippen LogP contribution in [0, 0.1) is 13.7 Å². The Morgan fingerprint density at radius 1 is 1.40 bits per heavy atom. The van der Waals surface area contributed by atoms with E-state index in [1.165, 1.54) is 12.1 Å². The Bertz CT molecular complexity index is 634. The lowest BCUT2D eigenvalue weighted by Crippen LogP contribution is -2.02. The Hall–Kier alpha value is -1.90. The van der Waals surface area contributed by atoms with Gasteiger partial charge in [-0.05, 0) is 40.3 Å². The van der Waals surface area contributed by atoms with Gasteiger partial charge in [0.05, 0.1) is 12.0 Å². The lowest BCUT2D eigenvalue weighted by atomic mass is 10.2. The first-order chi connectivity index (χ1) is 9.60. The molecule has 7 heteroatoms. The number of rotatable bonds is 5. The molecule has 0 aliphatic rings. The molecule has 0 saturated heterocycles. The zero-order valence-electron chi connectivity index (χ0n) is 10.7. The minimum Gasteiger partial charge on any atom is -0.481 e. The number of hydrogen-bond acceptors (Lipinski definition) is 5. The van der Waals surface area contributed by atoms with Crippen LogP contribution < -0.4 is 10.1 Å². The summed E-state index contributed by atoms with van der Waals surface area (Å²) in [6.45, 7) is 0.590. The van der Waals surface area contributed by atoms with Gasteiger partial charge in [-0.2, -0.15) is 0 Å². The molecule has 1 N–H and O–H groups in total. The molecule has 1 heterocycles. The van der Waals surface area contributed by atoms with Crippen LogP contribution >= 0.6 is 22.6 Å². The van der Waals surface area contributed by atoms with Gasteiger partial charge in [-0.3, -0.25) is 10.1 Å². The summed E-state index contributed by atoms with van der Waals surface area (Å²) in [5.41, 5.74) is 1.96. The summed E-state index contributed by atoms with van der Waals surface area (Å²) in [6.07, 6.45) is 1.68. The van der Waals surface area contributed by atoms with Gasteiger partial charge in [-0.25, -0.2) is 4.98 Å². The van der Waals surface area contributed by atoms with E-state index in [0.717, 1.165) is 14.8 Å². The van der Waals surface area contributed by atoms with Crippen LogP contribution in [-0.4, -0.2) is 17.0 Å². The first kappa shape index (κ1) is 14.5. The Balaban J connectivity index is 2.08. The van der Waals surface area contributed by atoms with Crippen molar-refractivity contribution in [1.29, 1.82) is 0 Å². The van der Waals surface area contributed by atoms with Crippen LogP contribution in [0.1, 0.15) is 5.56 Å². The number of ether oxygens (including phenoxy) is 1. The smallest absolute Gasteiger partial charge is 0.270 e. The van der Waals surface area contributed by atoms with Crippen molar-refractivity contribution in [3.8, 4) is 5.88 Å². The summed E-state index contributed by atoms with van der Waals surface area (Å²) in [5.74, 6) is 0.558. The van der Waals surface area contributed by atoms with E-state index < -0.39 is 4.92 Å². The molecule has 0 radical (unpaired) electrons. The number of nitrogens with zero attached hydrogens (tertiary/aromatic N) is 2. The van der Waals surface area contributed by atoms with E-state index in [1.54, 1.807) is 19.4 Å². The number of pyridine rings is 1. The summed E-state index contributed by atoms with van der Waals surface area (Å²) in [6, 6.07) is 8.45. The molecule has 6 nitrogen and oxygen atoms in total. The summed E-state index contributed by atoms with van der Waals surface area (Å²) in [5, 5.41) is 13.9. The Labute approximate surface area is 129 Å². The van der Waals surface area contributed by atoms with Gasteiger partial charge < -0.3 is 10.1 Å². The SMILES string of the molecule is COc1cc(CNc2ccc([N+](=O)[O-])cc2I)ccn1. The van der Waals surface area contributed by atoms with Crippen molar-refractivity contribution in [2.75, 3.05) is 12.4 Å². The van der Waals surface area contributed by atoms with Crippen molar-refractivity contribution in [2.45, 2.75) is 6.54 Å². The highest BCUT2D eigenvalue weighted by atomic mass is 127. The second-order valence-corrected chi connectivity index (χ2v) is 5.14. The predicted octanol–water partition coefficient (Wildman–Crippen LogP) is 3.22. The third-order valence-electron chi connectivity index (χ3n) is 2.65. The number of nitro benzene ring substituents is 1. The zero-order valence-corrected chi connectivity index (χ0v) is 12.8.